The molecule has 0 bridgehead atoms. The number of hydrogen-bond donors (Lipinski definition) is 0. The number of carbonyl (C=O) groups excluding carboxylic acids is 1. The van der Waals surface area contributed by atoms with Crippen LogP contribution in [-0.4, -0.2) is 24.8 Å². The summed E-state index contributed by atoms with van der Waals surface area (Å²) in [7, 11) is 2.93. The molecular formula is C23H20N2O4S. The number of aromatic nitrogens is 1. The minimum absolute atomic E-state index is 0.204. The van der Waals surface area contributed by atoms with Gasteiger partial charge in [0.1, 0.15) is 5.75 Å². The fourth-order valence-corrected chi connectivity index (χ4v) is 4.57. The Morgan fingerprint density at radius 3 is 2.60 bits per heavy atom. The maximum Gasteiger partial charge on any atom is 0.338 e. The number of ether oxygens (including phenoxy) is 2. The Morgan fingerprint density at radius 2 is 1.90 bits per heavy atom. The Kier molecular flexibility index (Phi) is 5.37. The molecule has 1 atom stereocenters. The van der Waals surface area contributed by atoms with Crippen LogP contribution in [0.25, 0.3) is 6.08 Å². The lowest BCUT2D eigenvalue weighted by Gasteiger charge is -2.24. The van der Waals surface area contributed by atoms with Gasteiger partial charge in [-0.1, -0.05) is 53.8 Å². The molecule has 0 aliphatic carbocycles. The summed E-state index contributed by atoms with van der Waals surface area (Å²) >= 11 is 1.29. The molecule has 0 N–H and O–H groups in total. The number of thiazole rings is 1. The second-order valence-corrected chi connectivity index (χ2v) is 7.77. The third kappa shape index (κ3) is 3.48. The number of fused-ring (bicyclic) bond motifs is 1. The van der Waals surface area contributed by atoms with Crippen molar-refractivity contribution in [1.82, 2.24) is 4.57 Å². The van der Waals surface area contributed by atoms with Crippen LogP contribution in [0.15, 0.2) is 75.7 Å². The molecule has 0 saturated heterocycles. The molecule has 6 nitrogen and oxygen atoms in total. The summed E-state index contributed by atoms with van der Waals surface area (Å²) in [5.41, 5.74) is 2.37. The second kappa shape index (κ2) is 8.12. The molecule has 7 heteroatoms. The van der Waals surface area contributed by atoms with Gasteiger partial charge < -0.3 is 9.47 Å². The van der Waals surface area contributed by atoms with E-state index in [4.69, 9.17) is 9.47 Å². The van der Waals surface area contributed by atoms with Gasteiger partial charge >= 0.3 is 5.97 Å². The van der Waals surface area contributed by atoms with Crippen LogP contribution >= 0.6 is 11.3 Å². The number of rotatable bonds is 4. The number of carbonyl (C=O) groups is 1. The van der Waals surface area contributed by atoms with Crippen LogP contribution in [0.5, 0.6) is 5.75 Å². The van der Waals surface area contributed by atoms with Crippen molar-refractivity contribution in [3.63, 3.8) is 0 Å². The van der Waals surface area contributed by atoms with Crippen LogP contribution in [0.4, 0.5) is 0 Å². The summed E-state index contributed by atoms with van der Waals surface area (Å²) in [5.74, 6) is 0.217. The average molecular weight is 420 g/mol. The highest BCUT2D eigenvalue weighted by Crippen LogP contribution is 2.30. The Bertz CT molecular complexity index is 1320. The van der Waals surface area contributed by atoms with Crippen LogP contribution in [0.1, 0.15) is 24.1 Å². The van der Waals surface area contributed by atoms with Gasteiger partial charge in [0.15, 0.2) is 4.80 Å². The largest absolute Gasteiger partial charge is 0.497 e. The first-order valence-corrected chi connectivity index (χ1v) is 10.1. The lowest BCUT2D eigenvalue weighted by Crippen LogP contribution is -2.39. The molecule has 0 fully saturated rings. The van der Waals surface area contributed by atoms with Crippen LogP contribution < -0.4 is 19.6 Å². The van der Waals surface area contributed by atoms with Gasteiger partial charge in [-0.15, -0.1) is 0 Å². The van der Waals surface area contributed by atoms with Gasteiger partial charge in [-0.25, -0.2) is 9.79 Å². The van der Waals surface area contributed by atoms with Gasteiger partial charge in [-0.2, -0.15) is 0 Å². The molecule has 0 amide bonds. The van der Waals surface area contributed by atoms with Crippen molar-refractivity contribution in [3.05, 3.63) is 96.7 Å². The zero-order chi connectivity index (χ0) is 21.3. The highest BCUT2D eigenvalue weighted by molar-refractivity contribution is 7.07. The van der Waals surface area contributed by atoms with Crippen molar-refractivity contribution in [1.29, 1.82) is 0 Å². The van der Waals surface area contributed by atoms with E-state index in [2.05, 4.69) is 4.99 Å². The fraction of sp³-hybridized carbons (Fsp3) is 0.174. The van der Waals surface area contributed by atoms with E-state index in [1.54, 1.807) is 18.6 Å². The van der Waals surface area contributed by atoms with Gasteiger partial charge in [-0.05, 0) is 36.3 Å². The minimum Gasteiger partial charge on any atom is -0.497 e. The quantitative estimate of drug-likeness (QED) is 0.608. The molecule has 2 heterocycles. The molecule has 3 aromatic rings. The second-order valence-electron chi connectivity index (χ2n) is 6.76. The molecule has 1 aliphatic rings. The predicted molar refractivity (Wildman–Crippen MR) is 115 cm³/mol. The van der Waals surface area contributed by atoms with Crippen molar-refractivity contribution in [2.45, 2.75) is 13.0 Å². The van der Waals surface area contributed by atoms with Crippen molar-refractivity contribution in [2.75, 3.05) is 14.2 Å². The number of methoxy groups -OCH3 is 2. The van der Waals surface area contributed by atoms with Crippen LogP contribution in [0.2, 0.25) is 0 Å². The smallest absolute Gasteiger partial charge is 0.338 e. The molecule has 0 saturated carbocycles. The monoisotopic (exact) mass is 420 g/mol. The van der Waals surface area contributed by atoms with Crippen molar-refractivity contribution in [2.24, 2.45) is 4.99 Å². The molecule has 1 aliphatic heterocycles. The Balaban J connectivity index is 1.96. The van der Waals surface area contributed by atoms with E-state index in [1.807, 2.05) is 60.7 Å². The summed E-state index contributed by atoms with van der Waals surface area (Å²) < 4.78 is 12.4. The maximum absolute atomic E-state index is 13.4. The standard InChI is InChI=1S/C23H20N2O4S/c1-14-19(22(27)29-3)20(16-9-5-4-6-10-16)25-21(26)18(30-23(25)24-14)13-15-8-7-11-17(12-15)28-2/h4-13,20H,1-3H3/b18-13+. The first kappa shape index (κ1) is 19.8. The van der Waals surface area contributed by atoms with Gasteiger partial charge in [0.05, 0.1) is 36.1 Å². The topological polar surface area (TPSA) is 69.9 Å². The van der Waals surface area contributed by atoms with E-state index in [0.717, 1.165) is 11.1 Å². The summed E-state index contributed by atoms with van der Waals surface area (Å²) in [6, 6.07) is 16.3. The summed E-state index contributed by atoms with van der Waals surface area (Å²) in [6.07, 6.45) is 1.81. The molecule has 1 aromatic heterocycles. The first-order chi connectivity index (χ1) is 14.5. The number of allylic oxidation sites excluding steroid dienone is 1. The number of nitrogens with zero attached hydrogens (tertiary/aromatic N) is 2. The van der Waals surface area contributed by atoms with Gasteiger partial charge in [-0.3, -0.25) is 9.36 Å². The first-order valence-electron chi connectivity index (χ1n) is 9.33. The molecule has 2 aromatic carbocycles. The zero-order valence-corrected chi connectivity index (χ0v) is 17.6. The fourth-order valence-electron chi connectivity index (χ4n) is 3.53. The van der Waals surface area contributed by atoms with E-state index in [0.29, 0.717) is 26.4 Å². The van der Waals surface area contributed by atoms with Crippen LogP contribution in [-0.2, 0) is 9.53 Å². The van der Waals surface area contributed by atoms with E-state index in [-0.39, 0.29) is 5.56 Å². The number of benzene rings is 2. The maximum atomic E-state index is 13.4. The van der Waals surface area contributed by atoms with E-state index < -0.39 is 12.0 Å². The molecule has 4 rings (SSSR count). The summed E-state index contributed by atoms with van der Waals surface area (Å²) in [5, 5.41) is 0. The Hall–Kier alpha value is -3.45. The zero-order valence-electron chi connectivity index (χ0n) is 16.8. The molecule has 1 unspecified atom stereocenters. The number of hydrogen-bond acceptors (Lipinski definition) is 6. The molecule has 30 heavy (non-hydrogen) atoms. The Labute approximate surface area is 177 Å². The van der Waals surface area contributed by atoms with Gasteiger partial charge in [0, 0.05) is 0 Å². The molecule has 152 valence electrons. The summed E-state index contributed by atoms with van der Waals surface area (Å²) in [4.78, 5) is 31.1. The van der Waals surface area contributed by atoms with Gasteiger partial charge in [0.2, 0.25) is 0 Å². The van der Waals surface area contributed by atoms with E-state index in [1.165, 1.54) is 18.4 Å². The predicted octanol–water partition coefficient (Wildman–Crippen LogP) is 2.42. The van der Waals surface area contributed by atoms with Crippen molar-refractivity contribution < 1.29 is 14.3 Å². The highest BCUT2D eigenvalue weighted by Gasteiger charge is 2.32. The third-order valence-electron chi connectivity index (χ3n) is 4.93. The molecule has 0 spiro atoms. The van der Waals surface area contributed by atoms with Crippen molar-refractivity contribution in [3.8, 4) is 5.75 Å². The average Bonchev–Trinajstić information content (AvgIpc) is 3.07. The SMILES string of the molecule is COC(=O)C1=C(C)N=c2s/c(=C/c3cccc(OC)c3)c(=O)n2C1c1ccccc1. The lowest BCUT2D eigenvalue weighted by molar-refractivity contribution is -0.136. The third-order valence-corrected chi connectivity index (χ3v) is 5.92. The van der Waals surface area contributed by atoms with Crippen LogP contribution in [0.3, 0.4) is 0 Å². The summed E-state index contributed by atoms with van der Waals surface area (Å²) in [6.45, 7) is 1.77. The molecular weight excluding hydrogens is 400 g/mol. The lowest BCUT2D eigenvalue weighted by atomic mass is 9.96. The van der Waals surface area contributed by atoms with Crippen LogP contribution in [0, 0.1) is 0 Å². The van der Waals surface area contributed by atoms with Gasteiger partial charge in [0.25, 0.3) is 5.56 Å². The normalized spacial score (nSPS) is 16.1. The van der Waals surface area contributed by atoms with Crippen molar-refractivity contribution >= 4 is 23.4 Å². The minimum atomic E-state index is -0.595. The van der Waals surface area contributed by atoms with E-state index in [9.17, 15) is 9.59 Å². The Morgan fingerprint density at radius 1 is 1.13 bits per heavy atom. The molecule has 0 radical (unpaired) electrons. The van der Waals surface area contributed by atoms with E-state index >= 15 is 0 Å². The number of esters is 1. The highest BCUT2D eigenvalue weighted by atomic mass is 32.1.